The first-order valence-electron chi connectivity index (χ1n) is 2.18. The van der Waals surface area contributed by atoms with Gasteiger partial charge in [0.15, 0.2) is 5.72 Å². The second kappa shape index (κ2) is 1.78. The zero-order valence-corrected chi connectivity index (χ0v) is 4.86. The molecule has 0 aromatic carbocycles. The minimum Gasteiger partial charge on any atom is -0.632 e. The van der Waals surface area contributed by atoms with Crippen molar-refractivity contribution in [3.8, 4) is 0 Å². The van der Waals surface area contributed by atoms with Gasteiger partial charge < -0.3 is 15.4 Å². The molecule has 0 spiro atoms. The molecule has 0 bridgehead atoms. The molecule has 0 aromatic heterocycles. The molecule has 3 heteroatoms. The Bertz CT molecular complexity index is 55.2. The van der Waals surface area contributed by atoms with Crippen molar-refractivity contribution in [3.63, 3.8) is 0 Å². The summed E-state index contributed by atoms with van der Waals surface area (Å²) in [6.07, 6.45) is 0. The number of rotatable bonds is 1. The van der Waals surface area contributed by atoms with Crippen LogP contribution in [-0.4, -0.2) is 17.9 Å². The van der Waals surface area contributed by atoms with Crippen LogP contribution in [0, 0.1) is 5.21 Å². The molecule has 3 nitrogen and oxygen atoms in total. The van der Waals surface area contributed by atoms with E-state index in [0.717, 1.165) is 0 Å². The summed E-state index contributed by atoms with van der Waals surface area (Å²) in [5.41, 5.74) is -1.14. The Morgan fingerprint density at radius 2 is 1.71 bits per heavy atom. The Morgan fingerprint density at radius 3 is 1.71 bits per heavy atom. The maximum absolute atomic E-state index is 10.2. The summed E-state index contributed by atoms with van der Waals surface area (Å²) in [7, 11) is 1.36. The number of aliphatic hydroxyl groups is 1. The summed E-state index contributed by atoms with van der Waals surface area (Å²) in [5.74, 6) is 0. The Kier molecular flexibility index (Phi) is 1.75. The molecule has 44 valence electrons. The van der Waals surface area contributed by atoms with Crippen molar-refractivity contribution in [2.45, 2.75) is 19.6 Å². The van der Waals surface area contributed by atoms with Gasteiger partial charge in [-0.1, -0.05) is 0 Å². The molecule has 0 aliphatic rings. The van der Waals surface area contributed by atoms with Crippen LogP contribution in [0.25, 0.3) is 0 Å². The fraction of sp³-hybridized carbons (Fsp3) is 1.00. The number of hydrogen-bond acceptors (Lipinski definition) is 2. The normalized spacial score (nSPS) is 16.7. The third-order valence-corrected chi connectivity index (χ3v) is 0.862. The summed E-state index contributed by atoms with van der Waals surface area (Å²) in [6, 6.07) is 0. The molecule has 7 heavy (non-hydrogen) atoms. The molecule has 0 saturated carbocycles. The maximum atomic E-state index is 10.2. The first kappa shape index (κ1) is 6.88. The fourth-order valence-corrected chi connectivity index (χ4v) is 0. The van der Waals surface area contributed by atoms with Gasteiger partial charge in [-0.15, -0.1) is 0 Å². The molecule has 2 N–H and O–H groups in total. The zero-order chi connectivity index (χ0) is 6.08. The van der Waals surface area contributed by atoms with E-state index in [-0.39, 0.29) is 5.06 Å². The van der Waals surface area contributed by atoms with Crippen LogP contribution in [0.3, 0.4) is 0 Å². The van der Waals surface area contributed by atoms with Crippen molar-refractivity contribution in [3.05, 3.63) is 5.21 Å². The lowest BCUT2D eigenvalue weighted by molar-refractivity contribution is -0.909. The van der Waals surface area contributed by atoms with Gasteiger partial charge in [0.05, 0.1) is 7.05 Å². The monoisotopic (exact) mass is 105 g/mol. The van der Waals surface area contributed by atoms with E-state index >= 15 is 0 Å². The molecule has 0 amide bonds. The van der Waals surface area contributed by atoms with Crippen LogP contribution >= 0.6 is 0 Å². The average Bonchev–Trinajstić information content (AvgIpc) is 1.31. The van der Waals surface area contributed by atoms with E-state index in [1.807, 2.05) is 0 Å². The Balaban J connectivity index is 3.54. The third kappa shape index (κ3) is 2.56. The Labute approximate surface area is 43.1 Å². The smallest absolute Gasteiger partial charge is 0.192 e. The predicted octanol–water partition coefficient (Wildman–Crippen LogP) is -1.27. The second-order valence-electron chi connectivity index (χ2n) is 2.12. The van der Waals surface area contributed by atoms with Gasteiger partial charge in [0, 0.05) is 13.8 Å². The largest absolute Gasteiger partial charge is 0.632 e. The SMILES string of the molecule is C[NH+]([O-])C(C)(C)O. The van der Waals surface area contributed by atoms with Crippen molar-refractivity contribution in [2.24, 2.45) is 0 Å². The zero-order valence-electron chi connectivity index (χ0n) is 4.86. The standard InChI is InChI=1S/C4H11NO2/c1-4(2,6)5(3)7/h5-6H,1-3H3. The molecular formula is C4H11NO2. The van der Waals surface area contributed by atoms with Gasteiger partial charge in [-0.25, -0.2) is 0 Å². The minimum atomic E-state index is -1.14. The van der Waals surface area contributed by atoms with Crippen LogP contribution < -0.4 is 5.06 Å². The average molecular weight is 105 g/mol. The van der Waals surface area contributed by atoms with Gasteiger partial charge >= 0.3 is 0 Å². The molecule has 0 radical (unpaired) electrons. The highest BCUT2D eigenvalue weighted by Crippen LogP contribution is 1.83. The summed E-state index contributed by atoms with van der Waals surface area (Å²) < 4.78 is 0. The van der Waals surface area contributed by atoms with E-state index in [2.05, 4.69) is 0 Å². The Hall–Kier alpha value is -0.120. The Morgan fingerprint density at radius 1 is 1.57 bits per heavy atom. The lowest BCUT2D eigenvalue weighted by atomic mass is 10.3. The number of hydroxylamine groups is 2. The quantitative estimate of drug-likeness (QED) is 0.322. The van der Waals surface area contributed by atoms with Crippen molar-refractivity contribution in [1.29, 1.82) is 0 Å². The van der Waals surface area contributed by atoms with E-state index in [4.69, 9.17) is 5.11 Å². The van der Waals surface area contributed by atoms with E-state index in [1.165, 1.54) is 20.9 Å². The van der Waals surface area contributed by atoms with Crippen molar-refractivity contribution < 1.29 is 10.2 Å². The van der Waals surface area contributed by atoms with Crippen molar-refractivity contribution >= 4 is 0 Å². The lowest BCUT2D eigenvalue weighted by Crippen LogP contribution is -3.12. The van der Waals surface area contributed by atoms with Crippen molar-refractivity contribution in [2.75, 3.05) is 7.05 Å². The molecule has 0 heterocycles. The fourth-order valence-electron chi connectivity index (χ4n) is 0. The first-order valence-corrected chi connectivity index (χ1v) is 2.18. The van der Waals surface area contributed by atoms with Crippen LogP contribution in [0.1, 0.15) is 13.8 Å². The molecule has 1 unspecified atom stereocenters. The molecule has 0 aliphatic carbocycles. The summed E-state index contributed by atoms with van der Waals surface area (Å²) in [5, 5.41) is 18.8. The molecule has 0 rings (SSSR count). The first-order chi connectivity index (χ1) is 2.94. The van der Waals surface area contributed by atoms with Gasteiger partial charge in [-0.2, -0.15) is 0 Å². The van der Waals surface area contributed by atoms with Gasteiger partial charge in [-0.3, -0.25) is 0 Å². The van der Waals surface area contributed by atoms with E-state index in [9.17, 15) is 5.21 Å². The highest BCUT2D eigenvalue weighted by atomic mass is 16.5. The number of nitrogens with one attached hydrogen (secondary N) is 1. The van der Waals surface area contributed by atoms with Crippen LogP contribution in [-0.2, 0) is 0 Å². The number of quaternary nitrogens is 1. The van der Waals surface area contributed by atoms with Gasteiger partial charge in [0.2, 0.25) is 0 Å². The summed E-state index contributed by atoms with van der Waals surface area (Å²) >= 11 is 0. The summed E-state index contributed by atoms with van der Waals surface area (Å²) in [6.45, 7) is 2.94. The molecule has 0 fully saturated rings. The molecular weight excluding hydrogens is 94.0 g/mol. The molecule has 1 atom stereocenters. The van der Waals surface area contributed by atoms with Gasteiger partial charge in [-0.05, 0) is 0 Å². The van der Waals surface area contributed by atoms with Crippen LogP contribution in [0.4, 0.5) is 0 Å². The number of hydrogen-bond donors (Lipinski definition) is 2. The molecule has 0 aromatic rings. The summed E-state index contributed by atoms with van der Waals surface area (Å²) in [4.78, 5) is 0. The third-order valence-electron chi connectivity index (χ3n) is 0.862. The van der Waals surface area contributed by atoms with E-state index in [0.29, 0.717) is 0 Å². The van der Waals surface area contributed by atoms with E-state index in [1.54, 1.807) is 0 Å². The van der Waals surface area contributed by atoms with Crippen LogP contribution in [0.15, 0.2) is 0 Å². The van der Waals surface area contributed by atoms with Crippen LogP contribution in [0.2, 0.25) is 0 Å². The highest BCUT2D eigenvalue weighted by molar-refractivity contribution is 4.41. The predicted molar refractivity (Wildman–Crippen MR) is 26.6 cm³/mol. The maximum Gasteiger partial charge on any atom is 0.192 e. The highest BCUT2D eigenvalue weighted by Gasteiger charge is 2.14. The lowest BCUT2D eigenvalue weighted by Gasteiger charge is -2.29. The topological polar surface area (TPSA) is 47.7 Å². The molecule has 0 aliphatic heterocycles. The van der Waals surface area contributed by atoms with Crippen LogP contribution in [0.5, 0.6) is 0 Å². The minimum absolute atomic E-state index is 0.201. The van der Waals surface area contributed by atoms with Gasteiger partial charge in [0.25, 0.3) is 0 Å². The molecule has 0 saturated heterocycles. The van der Waals surface area contributed by atoms with E-state index < -0.39 is 5.72 Å². The second-order valence-corrected chi connectivity index (χ2v) is 2.12. The van der Waals surface area contributed by atoms with Crippen molar-refractivity contribution in [1.82, 2.24) is 0 Å². The van der Waals surface area contributed by atoms with Gasteiger partial charge in [0.1, 0.15) is 0 Å².